The lowest BCUT2D eigenvalue weighted by Gasteiger charge is -2.55. The Labute approximate surface area is 122 Å². The topological polar surface area (TPSA) is 9.23 Å². The fourth-order valence-corrected chi connectivity index (χ4v) is 43.8. The molecule has 0 radical (unpaired) electrons. The highest BCUT2D eigenvalue weighted by molar-refractivity contribution is 7.57. The van der Waals surface area contributed by atoms with Gasteiger partial charge in [-0.05, 0) is 12.5 Å². The summed E-state index contributed by atoms with van der Waals surface area (Å²) in [5.74, 6) is 0. The van der Waals surface area contributed by atoms with E-state index in [4.69, 9.17) is 4.43 Å². The van der Waals surface area contributed by atoms with Crippen molar-refractivity contribution in [1.82, 2.24) is 0 Å². The van der Waals surface area contributed by atoms with Gasteiger partial charge in [-0.25, -0.2) is 0 Å². The van der Waals surface area contributed by atoms with E-state index in [1.807, 2.05) is 0 Å². The van der Waals surface area contributed by atoms with Crippen LogP contribution in [0.5, 0.6) is 0 Å². The van der Waals surface area contributed by atoms with E-state index in [1.165, 1.54) is 18.9 Å². The lowest BCUT2D eigenvalue weighted by atomic mass is 10.3. The van der Waals surface area contributed by atoms with Crippen LogP contribution in [-0.4, -0.2) is 46.4 Å². The third-order valence-electron chi connectivity index (χ3n) is 5.42. The first-order chi connectivity index (χ1) is 8.19. The maximum Gasteiger partial charge on any atom is 0.161 e. The molecule has 1 fully saturated rings. The fraction of sp³-hybridized carbons (Fsp3) is 1.00. The monoisotopic (exact) mass is 334 g/mol. The van der Waals surface area contributed by atoms with Gasteiger partial charge in [0.05, 0.1) is 34.2 Å². The molecule has 0 spiro atoms. The van der Waals surface area contributed by atoms with Crippen molar-refractivity contribution in [3.8, 4) is 0 Å². The molecule has 0 aromatic heterocycles. The highest BCUT2D eigenvalue weighted by Gasteiger charge is 2.53. The van der Waals surface area contributed by atoms with Crippen molar-refractivity contribution < 1.29 is 4.43 Å². The summed E-state index contributed by atoms with van der Waals surface area (Å²) in [5.41, 5.74) is 0. The van der Waals surface area contributed by atoms with Crippen LogP contribution < -0.4 is 0 Å². The summed E-state index contributed by atoms with van der Waals surface area (Å²) in [7, 11) is -3.81. The lowest BCUT2D eigenvalue weighted by molar-refractivity contribution is 0.194. The van der Waals surface area contributed by atoms with E-state index in [2.05, 4.69) is 52.4 Å². The van der Waals surface area contributed by atoms with Crippen LogP contribution >= 0.6 is 0 Å². The van der Waals surface area contributed by atoms with Crippen LogP contribution in [0.2, 0.25) is 58.4 Å². The molecule has 1 nitrogen and oxygen atoms in total. The van der Waals surface area contributed by atoms with Crippen molar-refractivity contribution in [2.24, 2.45) is 0 Å². The van der Waals surface area contributed by atoms with Gasteiger partial charge in [0.15, 0.2) is 7.35 Å². The molecular weight excluding hydrogens is 301 g/mol. The molecule has 0 bridgehead atoms. The minimum absolute atomic E-state index is 0.485. The van der Waals surface area contributed by atoms with Crippen LogP contribution in [0.15, 0.2) is 0 Å². The Morgan fingerprint density at radius 2 is 1.28 bits per heavy atom. The predicted molar refractivity (Wildman–Crippen MR) is 99.1 cm³/mol. The molecule has 0 aromatic carbocycles. The molecule has 6 heteroatoms. The van der Waals surface area contributed by atoms with E-state index in [9.17, 15) is 0 Å². The van der Waals surface area contributed by atoms with Gasteiger partial charge in [0.1, 0.15) is 0 Å². The maximum absolute atomic E-state index is 7.29. The molecule has 1 saturated heterocycles. The highest BCUT2D eigenvalue weighted by atomic mass is 29.6. The molecule has 1 heterocycles. The summed E-state index contributed by atoms with van der Waals surface area (Å²) in [6.07, 6.45) is 2.94. The van der Waals surface area contributed by atoms with E-state index < -0.39 is 41.6 Å². The molecule has 1 rings (SSSR count). The van der Waals surface area contributed by atoms with Crippen molar-refractivity contribution in [3.05, 3.63) is 0 Å². The Kier molecular flexibility index (Phi) is 5.90. The fourth-order valence-electron chi connectivity index (χ4n) is 4.06. The average Bonchev–Trinajstić information content (AvgIpc) is 2.27. The van der Waals surface area contributed by atoms with Crippen molar-refractivity contribution in [1.29, 1.82) is 0 Å². The first-order valence-corrected chi connectivity index (χ1v) is 24.0. The molecule has 0 saturated carbocycles. The predicted octanol–water partition coefficient (Wildman–Crippen LogP) is 2.66. The molecule has 0 N–H and O–H groups in total. The smallest absolute Gasteiger partial charge is 0.161 e. The van der Waals surface area contributed by atoms with Crippen LogP contribution in [0.25, 0.3) is 0 Å². The third kappa shape index (κ3) is 2.88. The van der Waals surface area contributed by atoms with E-state index in [-0.39, 0.29) is 0 Å². The van der Waals surface area contributed by atoms with Gasteiger partial charge >= 0.3 is 0 Å². The van der Waals surface area contributed by atoms with Crippen LogP contribution in [0.1, 0.15) is 12.8 Å². The van der Waals surface area contributed by atoms with E-state index in [1.54, 1.807) is 0 Å². The van der Waals surface area contributed by atoms with Crippen LogP contribution in [-0.2, 0) is 4.43 Å². The molecule has 0 aliphatic carbocycles. The van der Waals surface area contributed by atoms with E-state index >= 15 is 0 Å². The number of hydrogen-bond donors (Lipinski definition) is 0. The summed E-state index contributed by atoms with van der Waals surface area (Å²) < 4.78 is 7.29. The molecule has 108 valence electrons. The minimum atomic E-state index is -1.25. The molecule has 1 aliphatic heterocycles. The zero-order chi connectivity index (χ0) is 14.1. The molecule has 0 atom stereocenters. The third-order valence-corrected chi connectivity index (χ3v) is 46.6. The Morgan fingerprint density at radius 3 is 1.61 bits per heavy atom. The van der Waals surface area contributed by atoms with Crippen LogP contribution in [0.4, 0.5) is 0 Å². The van der Waals surface area contributed by atoms with Gasteiger partial charge in [-0.2, -0.15) is 0 Å². The SMILES string of the molecule is C[SiH](C)C1([SiH](C)C)CCC[Si]([SiH](C)C)([SiH](C)C)O1. The van der Waals surface area contributed by atoms with Crippen molar-refractivity contribution in [3.63, 3.8) is 0 Å². The van der Waals surface area contributed by atoms with Crippen molar-refractivity contribution >= 4 is 41.6 Å². The first kappa shape index (κ1) is 17.1. The van der Waals surface area contributed by atoms with Crippen LogP contribution in [0.3, 0.4) is 0 Å². The maximum atomic E-state index is 7.29. The zero-order valence-corrected chi connectivity index (χ0v) is 19.5. The molecule has 1 aliphatic rings. The normalized spacial score (nSPS) is 23.3. The molecule has 0 amide bonds. The number of rotatable bonds is 4. The van der Waals surface area contributed by atoms with Gasteiger partial charge < -0.3 is 4.43 Å². The Hall–Kier alpha value is 1.04. The van der Waals surface area contributed by atoms with Crippen molar-refractivity contribution in [2.75, 3.05) is 0 Å². The van der Waals surface area contributed by atoms with E-state index in [0.29, 0.717) is 4.85 Å². The second-order valence-corrected chi connectivity index (χ2v) is 36.7. The molecule has 0 aromatic rings. The summed E-state index contributed by atoms with van der Waals surface area (Å²) >= 11 is 0. The Bertz CT molecular complexity index is 236. The van der Waals surface area contributed by atoms with E-state index in [0.717, 1.165) is 0 Å². The molecular formula is C12H34OSi5. The Balaban J connectivity index is 3.13. The summed E-state index contributed by atoms with van der Waals surface area (Å²) in [5, 5.41) is 0. The Morgan fingerprint density at radius 1 is 0.833 bits per heavy atom. The minimum Gasteiger partial charge on any atom is -0.424 e. The zero-order valence-electron chi connectivity index (χ0n) is 13.8. The lowest BCUT2D eigenvalue weighted by Crippen LogP contribution is -2.72. The van der Waals surface area contributed by atoms with Gasteiger partial charge in [0, 0.05) is 4.85 Å². The van der Waals surface area contributed by atoms with Gasteiger partial charge in [-0.1, -0.05) is 58.8 Å². The number of hydrogen-bond acceptors (Lipinski definition) is 1. The van der Waals surface area contributed by atoms with Gasteiger partial charge in [0.25, 0.3) is 0 Å². The van der Waals surface area contributed by atoms with Crippen molar-refractivity contribution in [2.45, 2.75) is 76.1 Å². The second-order valence-electron chi connectivity index (χ2n) is 7.48. The van der Waals surface area contributed by atoms with Crippen LogP contribution in [0, 0.1) is 0 Å². The first-order valence-electron chi connectivity index (χ1n) is 7.89. The molecule has 18 heavy (non-hydrogen) atoms. The average molecular weight is 335 g/mol. The van der Waals surface area contributed by atoms with Gasteiger partial charge in [-0.15, -0.1) is 0 Å². The van der Waals surface area contributed by atoms with Gasteiger partial charge in [-0.3, -0.25) is 0 Å². The second kappa shape index (κ2) is 6.21. The largest absolute Gasteiger partial charge is 0.424 e. The quantitative estimate of drug-likeness (QED) is 0.718. The van der Waals surface area contributed by atoms with Gasteiger partial charge in [0.2, 0.25) is 0 Å². The summed E-state index contributed by atoms with van der Waals surface area (Å²) in [4.78, 5) is 0.485. The standard InChI is InChI=1S/C12H34OSi5/c1-14(2)12(15(3)4)10-9-11-18(13-12,16(5)6)17(7)8/h14-17H,9-11H2,1-8H3. The highest BCUT2D eigenvalue weighted by Crippen LogP contribution is 2.39. The summed E-state index contributed by atoms with van der Waals surface area (Å²) in [6.45, 7) is 20.6. The summed E-state index contributed by atoms with van der Waals surface area (Å²) in [6, 6.07) is 1.53. The molecule has 0 unspecified atom stereocenters.